The summed E-state index contributed by atoms with van der Waals surface area (Å²) < 4.78 is 24.6. The fourth-order valence-corrected chi connectivity index (χ4v) is 2.74. The lowest BCUT2D eigenvalue weighted by atomic mass is 10.2. The maximum absolute atomic E-state index is 12.1. The first-order valence-electron chi connectivity index (χ1n) is 6.84. The first-order chi connectivity index (χ1) is 9.94. The summed E-state index contributed by atoms with van der Waals surface area (Å²) in [5, 5.41) is 2.66. The van der Waals surface area contributed by atoms with Gasteiger partial charge in [0.1, 0.15) is 6.04 Å². The molecule has 0 aliphatic carbocycles. The fraction of sp³-hybridized carbons (Fsp3) is 0.429. The summed E-state index contributed by atoms with van der Waals surface area (Å²) in [6.45, 7) is 3.49. The third-order valence-electron chi connectivity index (χ3n) is 3.43. The van der Waals surface area contributed by atoms with Gasteiger partial charge in [0.05, 0.1) is 23.1 Å². The van der Waals surface area contributed by atoms with Gasteiger partial charge in [-0.1, -0.05) is 19.1 Å². The first kappa shape index (κ1) is 15.5. The highest BCUT2D eigenvalue weighted by atomic mass is 32.2. The van der Waals surface area contributed by atoms with Crippen molar-refractivity contribution in [3.05, 3.63) is 30.6 Å². The minimum atomic E-state index is -3.06. The molecule has 1 heterocycles. The zero-order valence-corrected chi connectivity index (χ0v) is 12.9. The summed E-state index contributed by atoms with van der Waals surface area (Å²) >= 11 is 0. The van der Waals surface area contributed by atoms with Gasteiger partial charge in [0.25, 0.3) is 0 Å². The molecular formula is C14H19N3O3S. The molecule has 6 nitrogen and oxygen atoms in total. The number of fused-ring (bicyclic) bond motifs is 1. The molecule has 114 valence electrons. The number of nitrogens with one attached hydrogen (secondary N) is 1. The molecule has 0 spiro atoms. The van der Waals surface area contributed by atoms with Crippen molar-refractivity contribution in [2.75, 3.05) is 18.1 Å². The quantitative estimate of drug-likeness (QED) is 0.868. The Bertz CT molecular complexity index is 737. The Kier molecular flexibility index (Phi) is 4.62. The fourth-order valence-electron chi connectivity index (χ4n) is 2.03. The van der Waals surface area contributed by atoms with Crippen LogP contribution in [-0.2, 0) is 14.6 Å². The van der Waals surface area contributed by atoms with E-state index < -0.39 is 15.9 Å². The first-order valence-corrected chi connectivity index (χ1v) is 8.66. The van der Waals surface area contributed by atoms with Crippen LogP contribution in [-0.4, -0.2) is 41.9 Å². The summed E-state index contributed by atoms with van der Waals surface area (Å²) in [5.74, 6) is -0.165. The van der Waals surface area contributed by atoms with E-state index in [1.165, 1.54) is 0 Å². The molecule has 1 amide bonds. The number of nitrogens with zero attached hydrogens (tertiary/aromatic N) is 2. The molecule has 0 saturated carbocycles. The highest BCUT2D eigenvalue weighted by Gasteiger charge is 2.17. The second-order valence-electron chi connectivity index (χ2n) is 4.84. The smallest absolute Gasteiger partial charge is 0.242 e. The number of sulfone groups is 1. The Labute approximate surface area is 124 Å². The summed E-state index contributed by atoms with van der Waals surface area (Å²) in [7, 11) is -3.06. The lowest BCUT2D eigenvalue weighted by molar-refractivity contribution is -0.123. The Morgan fingerprint density at radius 3 is 2.81 bits per heavy atom. The number of para-hydroxylation sites is 2. The van der Waals surface area contributed by atoms with Crippen LogP contribution in [0.3, 0.4) is 0 Å². The number of rotatable bonds is 6. The van der Waals surface area contributed by atoms with Gasteiger partial charge in [-0.15, -0.1) is 0 Å². The van der Waals surface area contributed by atoms with Crippen molar-refractivity contribution in [1.82, 2.24) is 14.9 Å². The number of hydrogen-bond acceptors (Lipinski definition) is 4. The van der Waals surface area contributed by atoms with Crippen molar-refractivity contribution in [2.45, 2.75) is 19.9 Å². The lowest BCUT2D eigenvalue weighted by Gasteiger charge is -2.14. The molecule has 0 aliphatic heterocycles. The van der Waals surface area contributed by atoms with Crippen LogP contribution in [0.4, 0.5) is 0 Å². The highest BCUT2D eigenvalue weighted by molar-refractivity contribution is 7.91. The maximum atomic E-state index is 12.1. The van der Waals surface area contributed by atoms with Crippen molar-refractivity contribution in [2.24, 2.45) is 0 Å². The molecule has 0 fully saturated rings. The van der Waals surface area contributed by atoms with E-state index in [1.54, 1.807) is 24.7 Å². The summed E-state index contributed by atoms with van der Waals surface area (Å²) in [5.41, 5.74) is 1.70. The number of amides is 1. The maximum Gasteiger partial charge on any atom is 0.242 e. The molecule has 21 heavy (non-hydrogen) atoms. The molecule has 1 aromatic carbocycles. The van der Waals surface area contributed by atoms with Gasteiger partial charge in [-0.25, -0.2) is 13.4 Å². The predicted octanol–water partition coefficient (Wildman–Crippen LogP) is 1.15. The number of carbonyl (C=O) groups excluding carboxylic acids is 1. The minimum Gasteiger partial charge on any atom is -0.353 e. The topological polar surface area (TPSA) is 81.1 Å². The largest absolute Gasteiger partial charge is 0.353 e. The van der Waals surface area contributed by atoms with Crippen molar-refractivity contribution < 1.29 is 13.2 Å². The van der Waals surface area contributed by atoms with Crippen molar-refractivity contribution >= 4 is 26.8 Å². The third-order valence-corrected chi connectivity index (χ3v) is 5.14. The zero-order chi connectivity index (χ0) is 15.5. The van der Waals surface area contributed by atoms with Crippen molar-refractivity contribution in [3.8, 4) is 0 Å². The van der Waals surface area contributed by atoms with Crippen LogP contribution in [0.25, 0.3) is 11.0 Å². The van der Waals surface area contributed by atoms with Gasteiger partial charge < -0.3 is 9.88 Å². The third kappa shape index (κ3) is 3.60. The van der Waals surface area contributed by atoms with Gasteiger partial charge in [0.2, 0.25) is 5.91 Å². The summed E-state index contributed by atoms with van der Waals surface area (Å²) in [6, 6.07) is 7.11. The Balaban J connectivity index is 2.03. The van der Waals surface area contributed by atoms with E-state index in [9.17, 15) is 13.2 Å². The van der Waals surface area contributed by atoms with E-state index in [2.05, 4.69) is 10.3 Å². The average molecular weight is 309 g/mol. The van der Waals surface area contributed by atoms with Crippen molar-refractivity contribution in [3.63, 3.8) is 0 Å². The van der Waals surface area contributed by atoms with E-state index in [4.69, 9.17) is 0 Å². The number of benzene rings is 1. The van der Waals surface area contributed by atoms with E-state index in [1.807, 2.05) is 24.3 Å². The number of imidazole rings is 1. The van der Waals surface area contributed by atoms with E-state index >= 15 is 0 Å². The molecule has 0 bridgehead atoms. The number of aromatic nitrogens is 2. The van der Waals surface area contributed by atoms with Gasteiger partial charge in [-0.2, -0.15) is 0 Å². The van der Waals surface area contributed by atoms with Gasteiger partial charge in [-0.3, -0.25) is 4.79 Å². The van der Waals surface area contributed by atoms with Gasteiger partial charge in [-0.05, 0) is 19.1 Å². The van der Waals surface area contributed by atoms with Crippen LogP contribution in [0, 0.1) is 0 Å². The molecule has 2 aromatic rings. The Morgan fingerprint density at radius 2 is 2.10 bits per heavy atom. The molecule has 7 heteroatoms. The predicted molar refractivity (Wildman–Crippen MR) is 81.8 cm³/mol. The normalized spacial score (nSPS) is 13.2. The second kappa shape index (κ2) is 6.26. The van der Waals surface area contributed by atoms with Crippen LogP contribution < -0.4 is 5.32 Å². The molecule has 1 atom stereocenters. The van der Waals surface area contributed by atoms with Crippen LogP contribution in [0.1, 0.15) is 19.9 Å². The van der Waals surface area contributed by atoms with E-state index in [-0.39, 0.29) is 24.0 Å². The molecule has 1 aromatic heterocycles. The second-order valence-corrected chi connectivity index (χ2v) is 7.32. The zero-order valence-electron chi connectivity index (χ0n) is 12.1. The molecular weight excluding hydrogens is 290 g/mol. The van der Waals surface area contributed by atoms with Crippen LogP contribution in [0.5, 0.6) is 0 Å². The standard InChI is InChI=1S/C14H19N3O3S/c1-3-21(19,20)9-8-15-14(18)11(2)17-10-16-12-6-4-5-7-13(12)17/h4-7,10-11H,3,8-9H2,1-2H3,(H,15,18). The van der Waals surface area contributed by atoms with E-state index in [0.29, 0.717) is 0 Å². The average Bonchev–Trinajstić information content (AvgIpc) is 2.90. The molecule has 0 saturated heterocycles. The molecule has 1 unspecified atom stereocenters. The molecule has 1 N–H and O–H groups in total. The minimum absolute atomic E-state index is 0.0351. The van der Waals surface area contributed by atoms with Crippen LogP contribution >= 0.6 is 0 Å². The van der Waals surface area contributed by atoms with Gasteiger partial charge in [0.15, 0.2) is 9.84 Å². The monoisotopic (exact) mass is 309 g/mol. The molecule has 0 aliphatic rings. The highest BCUT2D eigenvalue weighted by Crippen LogP contribution is 2.17. The summed E-state index contributed by atoms with van der Waals surface area (Å²) in [6.07, 6.45) is 1.62. The SMILES string of the molecule is CCS(=O)(=O)CCNC(=O)C(C)n1cnc2ccccc21. The number of carbonyl (C=O) groups is 1. The van der Waals surface area contributed by atoms with Crippen LogP contribution in [0.15, 0.2) is 30.6 Å². The van der Waals surface area contributed by atoms with Crippen molar-refractivity contribution in [1.29, 1.82) is 0 Å². The summed E-state index contributed by atoms with van der Waals surface area (Å²) in [4.78, 5) is 16.3. The van der Waals surface area contributed by atoms with Crippen LogP contribution in [0.2, 0.25) is 0 Å². The Hall–Kier alpha value is -1.89. The number of hydrogen-bond donors (Lipinski definition) is 1. The van der Waals surface area contributed by atoms with E-state index in [0.717, 1.165) is 11.0 Å². The molecule has 0 radical (unpaired) electrons. The van der Waals surface area contributed by atoms with Gasteiger partial charge >= 0.3 is 0 Å². The molecule has 2 rings (SSSR count). The Morgan fingerprint density at radius 1 is 1.38 bits per heavy atom. The lowest BCUT2D eigenvalue weighted by Crippen LogP contribution is -2.34. The van der Waals surface area contributed by atoms with Gasteiger partial charge in [0, 0.05) is 12.3 Å².